The van der Waals surface area contributed by atoms with Crippen LogP contribution in [0.15, 0.2) is 53.6 Å². The average molecular weight is 385 g/mol. The number of anilines is 1. The summed E-state index contributed by atoms with van der Waals surface area (Å²) < 4.78 is 40.0. The summed E-state index contributed by atoms with van der Waals surface area (Å²) >= 11 is 0. The minimum absolute atomic E-state index is 0.493. The lowest BCUT2D eigenvalue weighted by Gasteiger charge is -2.11. The Morgan fingerprint density at radius 3 is 2.07 bits per heavy atom. The van der Waals surface area contributed by atoms with E-state index in [0.29, 0.717) is 5.69 Å². The molecule has 0 bridgehead atoms. The molecule has 1 heterocycles. The van der Waals surface area contributed by atoms with E-state index in [1.54, 1.807) is 6.21 Å². The number of benzene rings is 2. The summed E-state index contributed by atoms with van der Waals surface area (Å²) in [6.45, 7) is 8.19. The quantitative estimate of drug-likeness (QED) is 0.422. The van der Waals surface area contributed by atoms with Crippen LogP contribution in [0, 0.1) is 27.7 Å². The number of hydrogen-bond donors (Lipinski definition) is 1. The van der Waals surface area contributed by atoms with E-state index in [2.05, 4.69) is 47.1 Å². The predicted octanol–water partition coefficient (Wildman–Crippen LogP) is 6.18. The summed E-state index contributed by atoms with van der Waals surface area (Å²) in [7, 11) is 0. The van der Waals surface area contributed by atoms with Crippen molar-refractivity contribution in [1.29, 1.82) is 0 Å². The maximum atomic E-state index is 12.6. The molecule has 0 fully saturated rings. The second kappa shape index (κ2) is 7.54. The lowest BCUT2D eigenvalue weighted by Crippen LogP contribution is -2.04. The van der Waals surface area contributed by atoms with Crippen LogP contribution in [0.4, 0.5) is 18.9 Å². The molecular weight excluding hydrogens is 363 g/mol. The molecule has 0 unspecified atom stereocenters. The molecule has 0 amide bonds. The van der Waals surface area contributed by atoms with Crippen LogP contribution < -0.4 is 5.43 Å². The highest BCUT2D eigenvalue weighted by Gasteiger charge is 2.29. The largest absolute Gasteiger partial charge is 0.416 e. The van der Waals surface area contributed by atoms with Crippen molar-refractivity contribution in [3.63, 3.8) is 0 Å². The molecule has 2 aromatic carbocycles. The van der Waals surface area contributed by atoms with Crippen molar-refractivity contribution in [2.45, 2.75) is 33.9 Å². The third-order valence-electron chi connectivity index (χ3n) is 4.54. The van der Waals surface area contributed by atoms with E-state index in [9.17, 15) is 13.2 Å². The van der Waals surface area contributed by atoms with E-state index in [0.717, 1.165) is 34.8 Å². The van der Waals surface area contributed by atoms with E-state index in [-0.39, 0.29) is 0 Å². The van der Waals surface area contributed by atoms with Gasteiger partial charge in [0.1, 0.15) is 0 Å². The van der Waals surface area contributed by atoms with Gasteiger partial charge in [0.15, 0.2) is 0 Å². The van der Waals surface area contributed by atoms with Crippen molar-refractivity contribution in [3.8, 4) is 5.69 Å². The van der Waals surface area contributed by atoms with Crippen LogP contribution in [0.1, 0.15) is 33.6 Å². The van der Waals surface area contributed by atoms with Crippen LogP contribution in [0.25, 0.3) is 5.69 Å². The zero-order valence-corrected chi connectivity index (χ0v) is 16.2. The van der Waals surface area contributed by atoms with Crippen LogP contribution in [0.5, 0.6) is 0 Å². The second-order valence-electron chi connectivity index (χ2n) is 6.95. The molecule has 0 radical (unpaired) electrons. The predicted molar refractivity (Wildman–Crippen MR) is 107 cm³/mol. The van der Waals surface area contributed by atoms with Crippen LogP contribution in [-0.4, -0.2) is 10.8 Å². The van der Waals surface area contributed by atoms with Gasteiger partial charge >= 0.3 is 6.18 Å². The van der Waals surface area contributed by atoms with Gasteiger partial charge in [0.25, 0.3) is 0 Å². The Balaban J connectivity index is 1.80. The van der Waals surface area contributed by atoms with Crippen LogP contribution in [0.2, 0.25) is 0 Å². The monoisotopic (exact) mass is 385 g/mol. The minimum Gasteiger partial charge on any atom is -0.318 e. The zero-order valence-electron chi connectivity index (χ0n) is 16.2. The highest BCUT2D eigenvalue weighted by molar-refractivity contribution is 5.82. The molecule has 0 aliphatic carbocycles. The Kier molecular flexibility index (Phi) is 5.31. The van der Waals surface area contributed by atoms with Crippen molar-refractivity contribution in [2.75, 3.05) is 5.43 Å². The highest BCUT2D eigenvalue weighted by Crippen LogP contribution is 2.29. The fourth-order valence-electron chi connectivity index (χ4n) is 3.31. The maximum absolute atomic E-state index is 12.6. The normalized spacial score (nSPS) is 12.0. The number of halogens is 3. The van der Waals surface area contributed by atoms with E-state index < -0.39 is 11.7 Å². The Bertz CT molecular complexity index is 992. The van der Waals surface area contributed by atoms with Gasteiger partial charge in [0.05, 0.1) is 17.5 Å². The van der Waals surface area contributed by atoms with Gasteiger partial charge in [-0.05, 0) is 81.3 Å². The minimum atomic E-state index is -4.34. The highest BCUT2D eigenvalue weighted by atomic mass is 19.4. The summed E-state index contributed by atoms with van der Waals surface area (Å²) in [6.07, 6.45) is -2.66. The molecule has 0 spiro atoms. The first-order valence-corrected chi connectivity index (χ1v) is 8.89. The van der Waals surface area contributed by atoms with E-state index >= 15 is 0 Å². The third-order valence-corrected chi connectivity index (χ3v) is 4.54. The Hall–Kier alpha value is -3.02. The molecule has 0 aliphatic rings. The molecule has 3 nitrogen and oxygen atoms in total. The van der Waals surface area contributed by atoms with E-state index in [1.165, 1.54) is 23.3 Å². The van der Waals surface area contributed by atoms with Crippen LogP contribution in [-0.2, 0) is 6.18 Å². The van der Waals surface area contributed by atoms with Gasteiger partial charge in [0, 0.05) is 22.6 Å². The van der Waals surface area contributed by atoms with Gasteiger partial charge in [0.2, 0.25) is 0 Å². The van der Waals surface area contributed by atoms with E-state index in [4.69, 9.17) is 0 Å². The average Bonchev–Trinajstić information content (AvgIpc) is 2.87. The third kappa shape index (κ3) is 4.27. The first-order valence-electron chi connectivity index (χ1n) is 8.89. The first-order chi connectivity index (χ1) is 13.1. The SMILES string of the molecule is Cc1cc(C)cc(-n2c(C)cc(/C=N/Nc3ccc(C(F)(F)F)cc3)c2C)c1. The fourth-order valence-corrected chi connectivity index (χ4v) is 3.31. The van der Waals surface area contributed by atoms with Gasteiger partial charge in [-0.1, -0.05) is 6.07 Å². The number of nitrogens with one attached hydrogen (secondary N) is 1. The van der Waals surface area contributed by atoms with Crippen molar-refractivity contribution in [2.24, 2.45) is 5.10 Å². The van der Waals surface area contributed by atoms with Crippen molar-refractivity contribution in [3.05, 3.63) is 82.2 Å². The molecule has 1 aromatic heterocycles. The molecule has 0 saturated carbocycles. The Morgan fingerprint density at radius 1 is 0.893 bits per heavy atom. The van der Waals surface area contributed by atoms with Crippen molar-refractivity contribution < 1.29 is 13.2 Å². The first kappa shape index (κ1) is 19.7. The smallest absolute Gasteiger partial charge is 0.318 e. The summed E-state index contributed by atoms with van der Waals surface area (Å²) in [4.78, 5) is 0. The van der Waals surface area contributed by atoms with Gasteiger partial charge < -0.3 is 4.57 Å². The lowest BCUT2D eigenvalue weighted by molar-refractivity contribution is -0.137. The van der Waals surface area contributed by atoms with Crippen LogP contribution >= 0.6 is 0 Å². The number of nitrogens with zero attached hydrogens (tertiary/aromatic N) is 2. The summed E-state index contributed by atoms with van der Waals surface area (Å²) in [5, 5.41) is 4.18. The number of aryl methyl sites for hydroxylation is 3. The van der Waals surface area contributed by atoms with Gasteiger partial charge in [-0.3, -0.25) is 5.43 Å². The molecular formula is C22H22F3N3. The van der Waals surface area contributed by atoms with Crippen molar-refractivity contribution >= 4 is 11.9 Å². The Labute approximate surface area is 162 Å². The molecule has 0 saturated heterocycles. The van der Waals surface area contributed by atoms with E-state index in [1.807, 2.05) is 19.9 Å². The number of hydrazone groups is 1. The molecule has 146 valence electrons. The lowest BCUT2D eigenvalue weighted by atomic mass is 10.1. The van der Waals surface area contributed by atoms with Crippen LogP contribution in [0.3, 0.4) is 0 Å². The number of alkyl halides is 3. The van der Waals surface area contributed by atoms with Crippen molar-refractivity contribution in [1.82, 2.24) is 4.57 Å². The topological polar surface area (TPSA) is 29.3 Å². The molecule has 28 heavy (non-hydrogen) atoms. The molecule has 1 N–H and O–H groups in total. The Morgan fingerprint density at radius 2 is 1.50 bits per heavy atom. The number of rotatable bonds is 4. The molecule has 0 aliphatic heterocycles. The summed E-state index contributed by atoms with van der Waals surface area (Å²) in [5.74, 6) is 0. The second-order valence-corrected chi connectivity index (χ2v) is 6.95. The number of aromatic nitrogens is 1. The van der Waals surface area contributed by atoms with Gasteiger partial charge in [-0.15, -0.1) is 0 Å². The van der Waals surface area contributed by atoms with Gasteiger partial charge in [-0.25, -0.2) is 0 Å². The maximum Gasteiger partial charge on any atom is 0.416 e. The molecule has 0 atom stereocenters. The molecule has 3 rings (SSSR count). The molecule has 3 aromatic rings. The summed E-state index contributed by atoms with van der Waals surface area (Å²) in [6, 6.07) is 13.2. The summed E-state index contributed by atoms with van der Waals surface area (Å²) in [5.41, 5.74) is 9.15. The van der Waals surface area contributed by atoms with Gasteiger partial charge in [-0.2, -0.15) is 18.3 Å². The fraction of sp³-hybridized carbons (Fsp3) is 0.227. The number of hydrogen-bond acceptors (Lipinski definition) is 2. The standard InChI is InChI=1S/C22H22F3N3/c1-14-9-15(2)11-21(10-14)28-16(3)12-18(17(28)4)13-26-27-20-7-5-19(6-8-20)22(23,24)25/h5-13,27H,1-4H3/b26-13+. The molecule has 6 heteroatoms. The zero-order chi connectivity index (χ0) is 20.5.